The number of hydrogen-bond acceptors (Lipinski definition) is 3. The monoisotopic (exact) mass is 338 g/mol. The van der Waals surface area contributed by atoms with Gasteiger partial charge in [-0.15, -0.1) is 0 Å². The van der Waals surface area contributed by atoms with Gasteiger partial charge < -0.3 is 5.32 Å². The van der Waals surface area contributed by atoms with Crippen LogP contribution in [-0.2, 0) is 17.9 Å². The molecule has 0 radical (unpaired) electrons. The molecule has 0 unspecified atom stereocenters. The van der Waals surface area contributed by atoms with Gasteiger partial charge in [0, 0.05) is 18.9 Å². The van der Waals surface area contributed by atoms with Gasteiger partial charge in [0.2, 0.25) is 5.91 Å². The van der Waals surface area contributed by atoms with Crippen LogP contribution in [0.25, 0.3) is 11.0 Å². The van der Waals surface area contributed by atoms with E-state index >= 15 is 0 Å². The van der Waals surface area contributed by atoms with Crippen molar-refractivity contribution >= 4 is 16.9 Å². The summed E-state index contributed by atoms with van der Waals surface area (Å²) in [7, 11) is 0. The maximum absolute atomic E-state index is 12.7. The number of carbonyl (C=O) groups excluding carboxylic acids is 1. The highest BCUT2D eigenvalue weighted by Crippen LogP contribution is 2.14. The molecule has 0 spiro atoms. The molecule has 0 fully saturated rings. The molecular weight excluding hydrogens is 316 g/mol. The third-order valence-corrected chi connectivity index (χ3v) is 4.26. The van der Waals surface area contributed by atoms with Crippen LogP contribution < -0.4 is 11.0 Å². The van der Waals surface area contributed by atoms with Crippen LogP contribution in [0.5, 0.6) is 0 Å². The Morgan fingerprint density at radius 1 is 1.12 bits per heavy atom. The number of hydrogen-bond donors (Lipinski definition) is 1. The van der Waals surface area contributed by atoms with Crippen molar-refractivity contribution < 1.29 is 4.79 Å². The minimum atomic E-state index is -0.189. The van der Waals surface area contributed by atoms with Crippen LogP contribution >= 0.6 is 0 Å². The van der Waals surface area contributed by atoms with Crippen LogP contribution in [0.3, 0.4) is 0 Å². The summed E-state index contributed by atoms with van der Waals surface area (Å²) in [6, 6.07) is 11.2. The van der Waals surface area contributed by atoms with Crippen LogP contribution in [0.1, 0.15) is 31.9 Å². The topological polar surface area (TPSA) is 68.9 Å². The Bertz CT molecular complexity index is 927. The minimum absolute atomic E-state index is 0.00544. The fourth-order valence-electron chi connectivity index (χ4n) is 3.03. The average molecular weight is 338 g/mol. The van der Waals surface area contributed by atoms with Gasteiger partial charge in [0.1, 0.15) is 6.54 Å². The first-order valence-electron chi connectivity index (χ1n) is 8.49. The van der Waals surface area contributed by atoms with Gasteiger partial charge in [0.05, 0.1) is 17.1 Å². The maximum atomic E-state index is 12.7. The standard InChI is InChI=1S/C19H22N4O2/c1-3-12-22-16-6-4-5-7-17(16)23(19(22)25)13-18(24)21-14(2)15-8-10-20-11-9-15/h4-11,14H,3,12-13H2,1-2H3,(H,21,24)/t14-/m1/s1. The predicted octanol–water partition coefficient (Wildman–Crippen LogP) is 2.49. The SMILES string of the molecule is CCCn1c(=O)n(CC(=O)N[C@H](C)c2ccncc2)c2ccccc21. The van der Waals surface area contributed by atoms with Crippen molar-refractivity contribution in [2.45, 2.75) is 39.4 Å². The van der Waals surface area contributed by atoms with E-state index in [-0.39, 0.29) is 24.2 Å². The van der Waals surface area contributed by atoms with Gasteiger partial charge in [-0.05, 0) is 43.2 Å². The van der Waals surface area contributed by atoms with Crippen LogP contribution in [0.2, 0.25) is 0 Å². The molecule has 1 amide bonds. The van der Waals surface area contributed by atoms with Crippen molar-refractivity contribution in [3.63, 3.8) is 0 Å². The second-order valence-electron chi connectivity index (χ2n) is 6.08. The zero-order valence-electron chi connectivity index (χ0n) is 14.5. The Kier molecular flexibility index (Phi) is 4.97. The number of amides is 1. The Balaban J connectivity index is 1.84. The van der Waals surface area contributed by atoms with Gasteiger partial charge in [-0.2, -0.15) is 0 Å². The summed E-state index contributed by atoms with van der Waals surface area (Å²) in [6.45, 7) is 4.59. The molecule has 3 rings (SSSR count). The summed E-state index contributed by atoms with van der Waals surface area (Å²) in [5.41, 5.74) is 2.48. The van der Waals surface area contributed by atoms with Crippen LogP contribution in [0.15, 0.2) is 53.6 Å². The molecule has 0 aliphatic carbocycles. The summed E-state index contributed by atoms with van der Waals surface area (Å²) < 4.78 is 3.27. The summed E-state index contributed by atoms with van der Waals surface area (Å²) in [5, 5.41) is 2.94. The van der Waals surface area contributed by atoms with Gasteiger partial charge in [-0.25, -0.2) is 4.79 Å². The lowest BCUT2D eigenvalue weighted by molar-refractivity contribution is -0.122. The molecule has 6 nitrogen and oxygen atoms in total. The van der Waals surface area contributed by atoms with Gasteiger partial charge in [-0.1, -0.05) is 19.1 Å². The molecule has 0 saturated carbocycles. The fourth-order valence-corrected chi connectivity index (χ4v) is 3.03. The summed E-state index contributed by atoms with van der Waals surface area (Å²) >= 11 is 0. The fraction of sp³-hybridized carbons (Fsp3) is 0.316. The lowest BCUT2D eigenvalue weighted by atomic mass is 10.1. The highest BCUT2D eigenvalue weighted by atomic mass is 16.2. The molecule has 1 N–H and O–H groups in total. The third kappa shape index (κ3) is 3.47. The van der Waals surface area contributed by atoms with E-state index in [1.54, 1.807) is 21.5 Å². The quantitative estimate of drug-likeness (QED) is 0.751. The number of aryl methyl sites for hydroxylation is 1. The van der Waals surface area contributed by atoms with E-state index < -0.39 is 0 Å². The molecule has 1 aromatic carbocycles. The van der Waals surface area contributed by atoms with E-state index in [0.717, 1.165) is 23.0 Å². The second kappa shape index (κ2) is 7.34. The van der Waals surface area contributed by atoms with E-state index in [1.807, 2.05) is 50.2 Å². The number of nitrogens with zero attached hydrogens (tertiary/aromatic N) is 3. The normalized spacial score (nSPS) is 12.2. The second-order valence-corrected chi connectivity index (χ2v) is 6.08. The number of nitrogens with one attached hydrogen (secondary N) is 1. The minimum Gasteiger partial charge on any atom is -0.348 e. The molecule has 2 aromatic heterocycles. The van der Waals surface area contributed by atoms with Gasteiger partial charge >= 0.3 is 5.69 Å². The van der Waals surface area contributed by atoms with Crippen LogP contribution in [-0.4, -0.2) is 20.0 Å². The predicted molar refractivity (Wildman–Crippen MR) is 97.3 cm³/mol. The van der Waals surface area contributed by atoms with Crippen molar-refractivity contribution in [2.75, 3.05) is 0 Å². The number of carbonyl (C=O) groups is 1. The largest absolute Gasteiger partial charge is 0.348 e. The summed E-state index contributed by atoms with van der Waals surface area (Å²) in [6.07, 6.45) is 4.25. The van der Waals surface area contributed by atoms with E-state index in [9.17, 15) is 9.59 Å². The third-order valence-electron chi connectivity index (χ3n) is 4.26. The highest BCUT2D eigenvalue weighted by Gasteiger charge is 2.16. The number of rotatable bonds is 6. The molecule has 130 valence electrons. The first-order chi connectivity index (χ1) is 12.1. The number of fused-ring (bicyclic) bond motifs is 1. The van der Waals surface area contributed by atoms with Crippen molar-refractivity contribution in [3.8, 4) is 0 Å². The molecule has 2 heterocycles. The molecule has 3 aromatic rings. The Morgan fingerprint density at radius 2 is 1.76 bits per heavy atom. The molecule has 0 bridgehead atoms. The molecule has 0 saturated heterocycles. The summed E-state index contributed by atoms with van der Waals surface area (Å²) in [5.74, 6) is -0.189. The van der Waals surface area contributed by atoms with Crippen molar-refractivity contribution in [3.05, 3.63) is 64.8 Å². The Morgan fingerprint density at radius 3 is 2.40 bits per heavy atom. The number of aromatic nitrogens is 3. The number of pyridine rings is 1. The molecule has 25 heavy (non-hydrogen) atoms. The van der Waals surface area contributed by atoms with Crippen LogP contribution in [0.4, 0.5) is 0 Å². The molecular formula is C19H22N4O2. The molecule has 0 aliphatic rings. The average Bonchev–Trinajstić information content (AvgIpc) is 2.89. The number of benzene rings is 1. The zero-order valence-corrected chi connectivity index (χ0v) is 14.5. The Labute approximate surface area is 146 Å². The first kappa shape index (κ1) is 17.0. The molecule has 1 atom stereocenters. The maximum Gasteiger partial charge on any atom is 0.329 e. The van der Waals surface area contributed by atoms with E-state index in [1.165, 1.54) is 0 Å². The van der Waals surface area contributed by atoms with Gasteiger partial charge in [-0.3, -0.25) is 18.9 Å². The lowest BCUT2D eigenvalue weighted by Gasteiger charge is -2.14. The van der Waals surface area contributed by atoms with Crippen molar-refractivity contribution in [1.82, 2.24) is 19.4 Å². The van der Waals surface area contributed by atoms with Gasteiger partial charge in [0.25, 0.3) is 0 Å². The lowest BCUT2D eigenvalue weighted by Crippen LogP contribution is -2.34. The Hall–Kier alpha value is -2.89. The number of para-hydroxylation sites is 2. The smallest absolute Gasteiger partial charge is 0.329 e. The first-order valence-corrected chi connectivity index (χ1v) is 8.49. The molecule has 6 heteroatoms. The van der Waals surface area contributed by atoms with Crippen LogP contribution in [0, 0.1) is 0 Å². The number of imidazole rings is 1. The van der Waals surface area contributed by atoms with E-state index in [4.69, 9.17) is 0 Å². The summed E-state index contributed by atoms with van der Waals surface area (Å²) in [4.78, 5) is 29.2. The highest BCUT2D eigenvalue weighted by molar-refractivity contribution is 5.81. The van der Waals surface area contributed by atoms with E-state index in [2.05, 4.69) is 10.3 Å². The van der Waals surface area contributed by atoms with Crippen molar-refractivity contribution in [1.29, 1.82) is 0 Å². The van der Waals surface area contributed by atoms with Gasteiger partial charge in [0.15, 0.2) is 0 Å². The van der Waals surface area contributed by atoms with E-state index in [0.29, 0.717) is 6.54 Å². The molecule has 0 aliphatic heterocycles. The van der Waals surface area contributed by atoms with Crippen molar-refractivity contribution in [2.24, 2.45) is 0 Å². The zero-order chi connectivity index (χ0) is 17.8.